The summed E-state index contributed by atoms with van der Waals surface area (Å²) in [4.78, 5) is 11.7. The fourth-order valence-electron chi connectivity index (χ4n) is 2.36. The highest BCUT2D eigenvalue weighted by Gasteiger charge is 2.32. The molecule has 0 aromatic heterocycles. The third-order valence-corrected chi connectivity index (χ3v) is 3.37. The van der Waals surface area contributed by atoms with Gasteiger partial charge in [-0.05, 0) is 31.8 Å². The Morgan fingerprint density at radius 1 is 1.39 bits per heavy atom. The van der Waals surface area contributed by atoms with Crippen LogP contribution in [0.3, 0.4) is 0 Å². The second-order valence-corrected chi connectivity index (χ2v) is 5.56. The summed E-state index contributed by atoms with van der Waals surface area (Å²) >= 11 is 0. The molecule has 0 unspecified atom stereocenters. The molecule has 1 fully saturated rings. The maximum Gasteiger partial charge on any atom is 0.220 e. The lowest BCUT2D eigenvalue weighted by Gasteiger charge is -2.37. The highest BCUT2D eigenvalue weighted by Crippen LogP contribution is 2.28. The Balaban J connectivity index is 0.00000289. The fraction of sp³-hybridized carbons (Fsp3) is 0.923. The molecule has 0 aliphatic carbocycles. The first-order valence-corrected chi connectivity index (χ1v) is 6.54. The minimum Gasteiger partial charge on any atom is -0.384 e. The zero-order chi connectivity index (χ0) is 12.7. The van der Waals surface area contributed by atoms with Crippen LogP contribution in [-0.4, -0.2) is 39.3 Å². The van der Waals surface area contributed by atoms with Gasteiger partial charge < -0.3 is 15.4 Å². The van der Waals surface area contributed by atoms with Crippen LogP contribution in [0.4, 0.5) is 0 Å². The number of carbonyl (C=O) groups is 1. The molecule has 1 amide bonds. The van der Waals surface area contributed by atoms with E-state index in [0.29, 0.717) is 12.3 Å². The van der Waals surface area contributed by atoms with E-state index in [1.807, 2.05) is 0 Å². The van der Waals surface area contributed by atoms with Crippen LogP contribution in [-0.2, 0) is 9.53 Å². The molecule has 0 atom stereocenters. The molecule has 108 valence electrons. The maximum atomic E-state index is 11.7. The van der Waals surface area contributed by atoms with Gasteiger partial charge in [-0.1, -0.05) is 13.8 Å². The van der Waals surface area contributed by atoms with Crippen molar-refractivity contribution in [2.75, 3.05) is 33.4 Å². The van der Waals surface area contributed by atoms with Crippen LogP contribution in [0, 0.1) is 11.3 Å². The summed E-state index contributed by atoms with van der Waals surface area (Å²) in [5.74, 6) is 0.579. The van der Waals surface area contributed by atoms with Crippen molar-refractivity contribution in [2.24, 2.45) is 11.3 Å². The molecule has 4 nitrogen and oxygen atoms in total. The second kappa shape index (κ2) is 8.73. The van der Waals surface area contributed by atoms with Gasteiger partial charge in [0.1, 0.15) is 0 Å². The SMILES string of the molecule is COCC1(CNC(=O)CC(C)C)CCNCC1.Cl. The lowest BCUT2D eigenvalue weighted by Crippen LogP contribution is -2.47. The van der Waals surface area contributed by atoms with Crippen LogP contribution in [0.5, 0.6) is 0 Å². The molecule has 0 saturated carbocycles. The van der Waals surface area contributed by atoms with E-state index >= 15 is 0 Å². The quantitative estimate of drug-likeness (QED) is 0.776. The first kappa shape index (κ1) is 17.7. The van der Waals surface area contributed by atoms with E-state index in [4.69, 9.17) is 4.74 Å². The van der Waals surface area contributed by atoms with Crippen LogP contribution < -0.4 is 10.6 Å². The van der Waals surface area contributed by atoms with Crippen LogP contribution in [0.1, 0.15) is 33.1 Å². The van der Waals surface area contributed by atoms with Crippen molar-refractivity contribution in [1.29, 1.82) is 0 Å². The Morgan fingerprint density at radius 3 is 2.50 bits per heavy atom. The van der Waals surface area contributed by atoms with Gasteiger partial charge in [-0.15, -0.1) is 12.4 Å². The molecule has 0 radical (unpaired) electrons. The number of nitrogens with one attached hydrogen (secondary N) is 2. The average molecular weight is 279 g/mol. The monoisotopic (exact) mass is 278 g/mol. The molecule has 1 saturated heterocycles. The summed E-state index contributed by atoms with van der Waals surface area (Å²) in [5, 5.41) is 6.41. The van der Waals surface area contributed by atoms with Gasteiger partial charge in [-0.2, -0.15) is 0 Å². The van der Waals surface area contributed by atoms with E-state index in [2.05, 4.69) is 24.5 Å². The summed E-state index contributed by atoms with van der Waals surface area (Å²) in [6.45, 7) is 7.64. The van der Waals surface area contributed by atoms with Gasteiger partial charge in [0.25, 0.3) is 0 Å². The number of hydrogen-bond acceptors (Lipinski definition) is 3. The van der Waals surface area contributed by atoms with Crippen LogP contribution >= 0.6 is 12.4 Å². The van der Waals surface area contributed by atoms with Gasteiger partial charge in [0.2, 0.25) is 5.91 Å². The molecular weight excluding hydrogens is 252 g/mol. The Kier molecular flexibility index (Phi) is 8.57. The maximum absolute atomic E-state index is 11.7. The molecular formula is C13H27ClN2O2. The van der Waals surface area contributed by atoms with Crippen molar-refractivity contribution in [3.8, 4) is 0 Å². The lowest BCUT2D eigenvalue weighted by atomic mass is 9.79. The Hall–Kier alpha value is -0.320. The molecule has 1 heterocycles. The number of piperidine rings is 1. The van der Waals surface area contributed by atoms with Gasteiger partial charge in [-0.25, -0.2) is 0 Å². The van der Waals surface area contributed by atoms with Gasteiger partial charge in [0, 0.05) is 25.5 Å². The number of halogens is 1. The summed E-state index contributed by atoms with van der Waals surface area (Å²) in [6, 6.07) is 0. The van der Waals surface area contributed by atoms with Crippen molar-refractivity contribution < 1.29 is 9.53 Å². The molecule has 2 N–H and O–H groups in total. The number of carbonyl (C=O) groups excluding carboxylic acids is 1. The minimum atomic E-state index is 0. The molecule has 18 heavy (non-hydrogen) atoms. The van der Waals surface area contributed by atoms with E-state index in [-0.39, 0.29) is 23.7 Å². The summed E-state index contributed by atoms with van der Waals surface area (Å²) in [7, 11) is 1.74. The van der Waals surface area contributed by atoms with Gasteiger partial charge in [0.15, 0.2) is 0 Å². The number of amides is 1. The third-order valence-electron chi connectivity index (χ3n) is 3.37. The Bertz CT molecular complexity index is 236. The molecule has 0 bridgehead atoms. The summed E-state index contributed by atoms with van der Waals surface area (Å²) in [5.41, 5.74) is 0.132. The molecule has 5 heteroatoms. The van der Waals surface area contributed by atoms with Crippen molar-refractivity contribution in [1.82, 2.24) is 10.6 Å². The third kappa shape index (κ3) is 6.03. The zero-order valence-electron chi connectivity index (χ0n) is 11.8. The van der Waals surface area contributed by atoms with E-state index in [1.165, 1.54) is 0 Å². The van der Waals surface area contributed by atoms with E-state index in [0.717, 1.165) is 39.1 Å². The Labute approximate surface area is 117 Å². The normalized spacial score (nSPS) is 18.2. The predicted molar refractivity (Wildman–Crippen MR) is 76.1 cm³/mol. The number of methoxy groups -OCH3 is 1. The van der Waals surface area contributed by atoms with E-state index in [9.17, 15) is 4.79 Å². The van der Waals surface area contributed by atoms with Crippen molar-refractivity contribution in [3.05, 3.63) is 0 Å². The lowest BCUT2D eigenvalue weighted by molar-refractivity contribution is -0.122. The van der Waals surface area contributed by atoms with Crippen LogP contribution in [0.25, 0.3) is 0 Å². The zero-order valence-corrected chi connectivity index (χ0v) is 12.6. The Morgan fingerprint density at radius 2 is 2.00 bits per heavy atom. The predicted octanol–water partition coefficient (Wildman–Crippen LogP) is 1.59. The van der Waals surface area contributed by atoms with E-state index < -0.39 is 0 Å². The molecule has 0 aromatic carbocycles. The van der Waals surface area contributed by atoms with Crippen molar-refractivity contribution >= 4 is 18.3 Å². The topological polar surface area (TPSA) is 50.4 Å². The minimum absolute atomic E-state index is 0. The largest absolute Gasteiger partial charge is 0.384 e. The van der Waals surface area contributed by atoms with Gasteiger partial charge in [-0.3, -0.25) is 4.79 Å². The van der Waals surface area contributed by atoms with Gasteiger partial charge >= 0.3 is 0 Å². The molecule has 1 aliphatic heterocycles. The first-order chi connectivity index (χ1) is 8.08. The second-order valence-electron chi connectivity index (χ2n) is 5.56. The molecule has 0 aromatic rings. The molecule has 1 rings (SSSR count). The standard InChI is InChI=1S/C13H26N2O2.ClH/c1-11(2)8-12(16)15-9-13(10-17-3)4-6-14-7-5-13;/h11,14H,4-10H2,1-3H3,(H,15,16);1H. The first-order valence-electron chi connectivity index (χ1n) is 6.54. The molecule has 1 aliphatic rings. The highest BCUT2D eigenvalue weighted by molar-refractivity contribution is 5.85. The number of rotatable bonds is 6. The smallest absolute Gasteiger partial charge is 0.220 e. The summed E-state index contributed by atoms with van der Waals surface area (Å²) < 4.78 is 5.32. The summed E-state index contributed by atoms with van der Waals surface area (Å²) in [6.07, 6.45) is 2.76. The average Bonchev–Trinajstić information content (AvgIpc) is 2.27. The van der Waals surface area contributed by atoms with Crippen LogP contribution in [0.15, 0.2) is 0 Å². The fourth-order valence-corrected chi connectivity index (χ4v) is 2.36. The number of hydrogen-bond donors (Lipinski definition) is 2. The van der Waals surface area contributed by atoms with Gasteiger partial charge in [0.05, 0.1) is 6.61 Å². The van der Waals surface area contributed by atoms with Crippen LogP contribution in [0.2, 0.25) is 0 Å². The molecule has 0 spiro atoms. The number of ether oxygens (including phenoxy) is 1. The van der Waals surface area contributed by atoms with Crippen molar-refractivity contribution in [2.45, 2.75) is 33.1 Å². The van der Waals surface area contributed by atoms with Crippen molar-refractivity contribution in [3.63, 3.8) is 0 Å². The highest BCUT2D eigenvalue weighted by atomic mass is 35.5. The van der Waals surface area contributed by atoms with E-state index in [1.54, 1.807) is 7.11 Å².